The molecule has 0 spiro atoms. The molecule has 1 aliphatic heterocycles. The monoisotopic (exact) mass is 301 g/mol. The van der Waals surface area contributed by atoms with Crippen LogP contribution in [0.15, 0.2) is 24.3 Å². The number of hydrogen-bond acceptors (Lipinski definition) is 3. The van der Waals surface area contributed by atoms with Crippen molar-refractivity contribution < 1.29 is 9.53 Å². The summed E-state index contributed by atoms with van der Waals surface area (Å²) >= 11 is 0. The second-order valence-electron chi connectivity index (χ2n) is 5.64. The van der Waals surface area contributed by atoms with Gasteiger partial charge in [-0.2, -0.15) is 5.26 Å². The third-order valence-corrected chi connectivity index (χ3v) is 3.89. The van der Waals surface area contributed by atoms with Gasteiger partial charge in [-0.3, -0.25) is 0 Å². The molecule has 0 saturated carbocycles. The summed E-state index contributed by atoms with van der Waals surface area (Å²) in [5.74, 6) is 0. The summed E-state index contributed by atoms with van der Waals surface area (Å²) in [5, 5.41) is 12.0. The van der Waals surface area contributed by atoms with Crippen molar-refractivity contribution in [2.75, 3.05) is 19.7 Å². The lowest BCUT2D eigenvalue weighted by Gasteiger charge is -2.33. The van der Waals surface area contributed by atoms with E-state index < -0.39 is 0 Å². The van der Waals surface area contributed by atoms with Crippen molar-refractivity contribution in [2.24, 2.45) is 0 Å². The van der Waals surface area contributed by atoms with Gasteiger partial charge in [0, 0.05) is 13.1 Å². The Morgan fingerprint density at radius 2 is 2.41 bits per heavy atom. The summed E-state index contributed by atoms with van der Waals surface area (Å²) in [4.78, 5) is 14.2. The highest BCUT2D eigenvalue weighted by molar-refractivity contribution is 5.74. The molecule has 1 heterocycles. The third-order valence-electron chi connectivity index (χ3n) is 3.89. The molecule has 1 aromatic carbocycles. The molecular weight excluding hydrogens is 278 g/mol. The van der Waals surface area contributed by atoms with E-state index in [-0.39, 0.29) is 18.2 Å². The van der Waals surface area contributed by atoms with Gasteiger partial charge in [0.2, 0.25) is 0 Å². The number of rotatable bonds is 4. The molecule has 5 heteroatoms. The van der Waals surface area contributed by atoms with Crippen molar-refractivity contribution in [3.63, 3.8) is 0 Å². The lowest BCUT2D eigenvalue weighted by atomic mass is 10.1. The van der Waals surface area contributed by atoms with Crippen LogP contribution in [0.3, 0.4) is 0 Å². The number of nitrogens with zero attached hydrogens (tertiary/aromatic N) is 2. The summed E-state index contributed by atoms with van der Waals surface area (Å²) in [7, 11) is 0. The maximum absolute atomic E-state index is 12.4. The number of nitriles is 1. The van der Waals surface area contributed by atoms with E-state index in [0.717, 1.165) is 18.4 Å². The van der Waals surface area contributed by atoms with E-state index in [2.05, 4.69) is 18.3 Å². The molecule has 2 rings (SSSR count). The predicted octanol–water partition coefficient (Wildman–Crippen LogP) is 2.83. The highest BCUT2D eigenvalue weighted by Gasteiger charge is 2.24. The summed E-state index contributed by atoms with van der Waals surface area (Å²) in [6.45, 7) is 5.91. The van der Waals surface area contributed by atoms with Gasteiger partial charge in [-0.25, -0.2) is 4.79 Å². The number of morpholine rings is 1. The number of carbonyl (C=O) groups is 1. The van der Waals surface area contributed by atoms with Crippen molar-refractivity contribution in [1.29, 1.82) is 5.26 Å². The van der Waals surface area contributed by atoms with Gasteiger partial charge in [-0.05, 0) is 31.0 Å². The Morgan fingerprint density at radius 1 is 1.59 bits per heavy atom. The van der Waals surface area contributed by atoms with Gasteiger partial charge in [0.05, 0.1) is 30.4 Å². The summed E-state index contributed by atoms with van der Waals surface area (Å²) in [6.07, 6.45) is 2.17. The van der Waals surface area contributed by atoms with Crippen LogP contribution in [0.4, 0.5) is 4.79 Å². The van der Waals surface area contributed by atoms with Crippen molar-refractivity contribution in [3.8, 4) is 6.07 Å². The van der Waals surface area contributed by atoms with Crippen LogP contribution in [0.1, 0.15) is 43.9 Å². The van der Waals surface area contributed by atoms with Crippen LogP contribution in [0.2, 0.25) is 0 Å². The molecule has 0 unspecified atom stereocenters. The number of urea groups is 1. The van der Waals surface area contributed by atoms with E-state index in [1.165, 1.54) is 0 Å². The second kappa shape index (κ2) is 7.81. The van der Waals surface area contributed by atoms with Gasteiger partial charge in [-0.15, -0.1) is 0 Å². The average Bonchev–Trinajstić information content (AvgIpc) is 2.55. The molecule has 1 fully saturated rings. The summed E-state index contributed by atoms with van der Waals surface area (Å²) < 4.78 is 5.66. The zero-order valence-corrected chi connectivity index (χ0v) is 13.2. The van der Waals surface area contributed by atoms with Crippen molar-refractivity contribution in [3.05, 3.63) is 35.4 Å². The van der Waals surface area contributed by atoms with Crippen LogP contribution in [0.5, 0.6) is 0 Å². The van der Waals surface area contributed by atoms with Gasteiger partial charge < -0.3 is 15.0 Å². The van der Waals surface area contributed by atoms with E-state index in [1.807, 2.05) is 30.0 Å². The molecule has 0 radical (unpaired) electrons. The van der Waals surface area contributed by atoms with Gasteiger partial charge in [0.25, 0.3) is 0 Å². The SMILES string of the molecule is CCC[C@H]1CN(C(=O)N[C@@H](C)c2cccc(C#N)c2)CCO1. The van der Waals surface area contributed by atoms with Crippen LogP contribution in [-0.4, -0.2) is 36.7 Å². The molecule has 0 aliphatic carbocycles. The van der Waals surface area contributed by atoms with Crippen LogP contribution < -0.4 is 5.32 Å². The number of ether oxygens (including phenoxy) is 1. The molecule has 118 valence electrons. The Labute approximate surface area is 131 Å². The largest absolute Gasteiger partial charge is 0.375 e. The molecule has 1 aromatic rings. The Morgan fingerprint density at radius 3 is 3.14 bits per heavy atom. The molecule has 5 nitrogen and oxygen atoms in total. The van der Waals surface area contributed by atoms with E-state index in [9.17, 15) is 4.79 Å². The lowest BCUT2D eigenvalue weighted by molar-refractivity contribution is -0.0184. The molecule has 1 N–H and O–H groups in total. The molecule has 0 bridgehead atoms. The first-order valence-corrected chi connectivity index (χ1v) is 7.81. The van der Waals surface area contributed by atoms with Crippen LogP contribution in [0, 0.1) is 11.3 Å². The van der Waals surface area contributed by atoms with E-state index in [1.54, 1.807) is 6.07 Å². The van der Waals surface area contributed by atoms with Gasteiger partial charge in [0.15, 0.2) is 0 Å². The zero-order chi connectivity index (χ0) is 15.9. The third kappa shape index (κ3) is 4.22. The Hall–Kier alpha value is -2.06. The Bertz CT molecular complexity index is 551. The van der Waals surface area contributed by atoms with Crippen molar-refractivity contribution >= 4 is 6.03 Å². The zero-order valence-electron chi connectivity index (χ0n) is 13.2. The minimum Gasteiger partial charge on any atom is -0.375 e. The molecule has 0 aromatic heterocycles. The summed E-state index contributed by atoms with van der Waals surface area (Å²) in [5.41, 5.74) is 1.54. The topological polar surface area (TPSA) is 65.4 Å². The maximum Gasteiger partial charge on any atom is 0.318 e. The van der Waals surface area contributed by atoms with E-state index in [4.69, 9.17) is 10.00 Å². The van der Waals surface area contributed by atoms with Crippen LogP contribution >= 0.6 is 0 Å². The van der Waals surface area contributed by atoms with Gasteiger partial charge in [-0.1, -0.05) is 25.5 Å². The first-order chi connectivity index (χ1) is 10.6. The second-order valence-corrected chi connectivity index (χ2v) is 5.64. The maximum atomic E-state index is 12.4. The fraction of sp³-hybridized carbons (Fsp3) is 0.529. The minimum atomic E-state index is -0.131. The molecule has 22 heavy (non-hydrogen) atoms. The van der Waals surface area contributed by atoms with Gasteiger partial charge >= 0.3 is 6.03 Å². The molecular formula is C17H23N3O2. The van der Waals surface area contributed by atoms with Gasteiger partial charge in [0.1, 0.15) is 0 Å². The quantitative estimate of drug-likeness (QED) is 0.930. The number of nitrogens with one attached hydrogen (secondary N) is 1. The normalized spacial score (nSPS) is 19.3. The summed E-state index contributed by atoms with van der Waals surface area (Å²) in [6, 6.07) is 9.24. The van der Waals surface area contributed by atoms with E-state index in [0.29, 0.717) is 25.3 Å². The Balaban J connectivity index is 1.94. The number of hydrogen-bond donors (Lipinski definition) is 1. The predicted molar refractivity (Wildman–Crippen MR) is 84.3 cm³/mol. The molecule has 2 amide bonds. The average molecular weight is 301 g/mol. The smallest absolute Gasteiger partial charge is 0.318 e. The fourth-order valence-electron chi connectivity index (χ4n) is 2.64. The minimum absolute atomic E-state index is 0.0701. The molecule has 1 saturated heterocycles. The Kier molecular flexibility index (Phi) is 5.79. The molecule has 2 atom stereocenters. The number of benzene rings is 1. The fourth-order valence-corrected chi connectivity index (χ4v) is 2.64. The van der Waals surface area contributed by atoms with Crippen LogP contribution in [0.25, 0.3) is 0 Å². The van der Waals surface area contributed by atoms with Crippen LogP contribution in [-0.2, 0) is 4.74 Å². The first-order valence-electron chi connectivity index (χ1n) is 7.81. The van der Waals surface area contributed by atoms with Crippen molar-refractivity contribution in [2.45, 2.75) is 38.8 Å². The number of amides is 2. The molecule has 1 aliphatic rings. The first kappa shape index (κ1) is 16.3. The number of carbonyl (C=O) groups excluding carboxylic acids is 1. The van der Waals surface area contributed by atoms with E-state index >= 15 is 0 Å². The van der Waals surface area contributed by atoms with Crippen molar-refractivity contribution in [1.82, 2.24) is 10.2 Å². The highest BCUT2D eigenvalue weighted by atomic mass is 16.5. The highest BCUT2D eigenvalue weighted by Crippen LogP contribution is 2.16. The standard InChI is InChI=1S/C17H23N3O2/c1-3-5-16-12-20(8-9-22-16)17(21)19-13(2)15-7-4-6-14(10-15)11-18/h4,6-7,10,13,16H,3,5,8-9,12H2,1-2H3,(H,19,21)/t13-,16-/m0/s1. The lowest BCUT2D eigenvalue weighted by Crippen LogP contribution is -2.50.